The number of aryl methyl sites for hydroxylation is 2. The first kappa shape index (κ1) is 26.0. The Morgan fingerprint density at radius 1 is 0.732 bits per heavy atom. The molecule has 4 aromatic rings. The molecule has 2 saturated heterocycles. The van der Waals surface area contributed by atoms with Gasteiger partial charge in [-0.2, -0.15) is 0 Å². The molecule has 4 aromatic heterocycles. The highest BCUT2D eigenvalue weighted by Crippen LogP contribution is 2.39. The number of nitrogens with zero attached hydrogens (tertiary/aromatic N) is 6. The zero-order valence-corrected chi connectivity index (χ0v) is 24.3. The normalized spacial score (nSPS) is 20.1. The van der Waals surface area contributed by atoms with Crippen molar-refractivity contribution in [1.82, 2.24) is 19.9 Å². The van der Waals surface area contributed by atoms with Crippen LogP contribution in [0.5, 0.6) is 0 Å². The van der Waals surface area contributed by atoms with E-state index in [9.17, 15) is 0 Å². The van der Waals surface area contributed by atoms with Gasteiger partial charge in [0.25, 0.3) is 0 Å². The number of hydrogen-bond acceptors (Lipinski definition) is 8. The summed E-state index contributed by atoms with van der Waals surface area (Å²) >= 11 is 6.49. The fourth-order valence-corrected chi connectivity index (χ4v) is 6.67. The molecule has 0 spiro atoms. The van der Waals surface area contributed by atoms with Gasteiger partial charge in [0, 0.05) is 73.2 Å². The maximum absolute atomic E-state index is 6.49. The van der Waals surface area contributed by atoms with E-state index in [2.05, 4.69) is 48.6 Å². The Morgan fingerprint density at radius 3 is 2.02 bits per heavy atom. The van der Waals surface area contributed by atoms with Crippen molar-refractivity contribution < 1.29 is 0 Å². The maximum atomic E-state index is 6.49. The van der Waals surface area contributed by atoms with Crippen LogP contribution in [0.4, 0.5) is 23.0 Å². The van der Waals surface area contributed by atoms with Crippen molar-refractivity contribution in [3.8, 4) is 22.5 Å². The van der Waals surface area contributed by atoms with Gasteiger partial charge < -0.3 is 20.4 Å². The fourth-order valence-electron chi connectivity index (χ4n) is 6.41. The Labute approximate surface area is 246 Å². The van der Waals surface area contributed by atoms with Gasteiger partial charge in [-0.05, 0) is 82.0 Å². The van der Waals surface area contributed by atoms with E-state index in [0.29, 0.717) is 17.1 Å². The average molecular weight is 567 g/mol. The van der Waals surface area contributed by atoms with Crippen LogP contribution >= 0.6 is 11.6 Å². The SMILES string of the molecule is Cc1cc(-c2ccc3c(n2)N[C@H]2CCCN3C2)ccn1.Cc1cc(-c2nc3c(cc2Cl)N2CCC[C@@H](C2)N3)ccn1. The molecular formula is C32H35ClN8. The van der Waals surface area contributed by atoms with Gasteiger partial charge in [0.05, 0.1) is 27.8 Å². The molecule has 2 N–H and O–H groups in total. The Kier molecular flexibility index (Phi) is 6.87. The Balaban J connectivity index is 0.000000135. The lowest BCUT2D eigenvalue weighted by Gasteiger charge is -2.40. The molecule has 8 nitrogen and oxygen atoms in total. The third-order valence-electron chi connectivity index (χ3n) is 8.40. The molecule has 2 fully saturated rings. The van der Waals surface area contributed by atoms with Crippen LogP contribution in [-0.4, -0.2) is 58.2 Å². The third-order valence-corrected chi connectivity index (χ3v) is 8.69. The number of nitrogens with one attached hydrogen (secondary N) is 2. The number of pyridine rings is 4. The van der Waals surface area contributed by atoms with Crippen molar-refractivity contribution in [2.75, 3.05) is 46.6 Å². The van der Waals surface area contributed by atoms with Gasteiger partial charge in [0.15, 0.2) is 11.6 Å². The van der Waals surface area contributed by atoms with Gasteiger partial charge in [-0.25, -0.2) is 9.97 Å². The molecule has 210 valence electrons. The predicted octanol–water partition coefficient (Wildman–Crippen LogP) is 6.35. The minimum atomic E-state index is 0.506. The second-order valence-electron chi connectivity index (χ2n) is 11.5. The van der Waals surface area contributed by atoms with Crippen LogP contribution in [0.25, 0.3) is 22.5 Å². The minimum Gasteiger partial charge on any atom is -0.366 e. The van der Waals surface area contributed by atoms with Crippen molar-refractivity contribution in [2.24, 2.45) is 0 Å². The number of aromatic nitrogens is 4. The molecule has 0 saturated carbocycles. The van der Waals surface area contributed by atoms with Crippen LogP contribution in [-0.2, 0) is 0 Å². The lowest BCUT2D eigenvalue weighted by Crippen LogP contribution is -2.46. The monoisotopic (exact) mass is 566 g/mol. The standard InChI is InChI=1S/C16H17ClN4.C16H18N4/c1-10-7-11(4-5-18-10)15-13(17)8-14-16(20-15)19-12-3-2-6-21(14)9-12;1-11-9-12(6-7-17-11)14-4-5-15-16(19-14)18-13-3-2-8-20(15)10-13/h4-5,7-8,12H,2-3,6,9H2,1H3,(H,19,20);4-7,9,13H,2-3,8,10H2,1H3,(H,18,19)/t12-;13-/m00/s1. The zero-order valence-electron chi connectivity index (χ0n) is 23.6. The smallest absolute Gasteiger partial charge is 0.150 e. The van der Waals surface area contributed by atoms with Gasteiger partial charge in [0.1, 0.15) is 0 Å². The first-order chi connectivity index (χ1) is 20.0. The third kappa shape index (κ3) is 5.28. The molecule has 4 aliphatic rings. The second-order valence-corrected chi connectivity index (χ2v) is 11.9. The predicted molar refractivity (Wildman–Crippen MR) is 167 cm³/mol. The number of piperidine rings is 2. The van der Waals surface area contributed by atoms with Gasteiger partial charge >= 0.3 is 0 Å². The van der Waals surface area contributed by atoms with Crippen molar-refractivity contribution in [3.05, 3.63) is 71.3 Å². The number of rotatable bonds is 2. The molecule has 4 aliphatic heterocycles. The number of fused-ring (bicyclic) bond motifs is 8. The number of anilines is 4. The van der Waals surface area contributed by atoms with Gasteiger partial charge in [-0.3, -0.25) is 9.97 Å². The largest absolute Gasteiger partial charge is 0.366 e. The topological polar surface area (TPSA) is 82.1 Å². The Hall–Kier alpha value is -3.91. The summed E-state index contributed by atoms with van der Waals surface area (Å²) in [5.74, 6) is 1.99. The highest BCUT2D eigenvalue weighted by Gasteiger charge is 2.30. The molecule has 41 heavy (non-hydrogen) atoms. The van der Waals surface area contributed by atoms with E-state index in [1.807, 2.05) is 44.3 Å². The minimum absolute atomic E-state index is 0.506. The van der Waals surface area contributed by atoms with E-state index in [4.69, 9.17) is 21.6 Å². The first-order valence-corrected chi connectivity index (χ1v) is 15.0. The molecule has 2 atom stereocenters. The highest BCUT2D eigenvalue weighted by molar-refractivity contribution is 6.33. The van der Waals surface area contributed by atoms with Crippen molar-refractivity contribution in [3.63, 3.8) is 0 Å². The summed E-state index contributed by atoms with van der Waals surface area (Å²) in [7, 11) is 0. The summed E-state index contributed by atoms with van der Waals surface area (Å²) in [5, 5.41) is 7.84. The molecule has 0 aromatic carbocycles. The summed E-state index contributed by atoms with van der Waals surface area (Å²) in [6.07, 6.45) is 8.59. The number of halogens is 1. The molecule has 0 unspecified atom stereocenters. The maximum Gasteiger partial charge on any atom is 0.150 e. The zero-order chi connectivity index (χ0) is 27.9. The van der Waals surface area contributed by atoms with Crippen LogP contribution in [0.1, 0.15) is 37.1 Å². The Bertz CT molecular complexity index is 1590. The lowest BCUT2D eigenvalue weighted by atomic mass is 10.0. The van der Waals surface area contributed by atoms with E-state index >= 15 is 0 Å². The summed E-state index contributed by atoms with van der Waals surface area (Å²) in [6, 6.07) is 15.5. The van der Waals surface area contributed by atoms with Crippen molar-refractivity contribution in [2.45, 2.75) is 51.6 Å². The lowest BCUT2D eigenvalue weighted by molar-refractivity contribution is 0.516. The van der Waals surface area contributed by atoms with Crippen LogP contribution in [0.3, 0.4) is 0 Å². The molecular weight excluding hydrogens is 532 g/mol. The number of hydrogen-bond donors (Lipinski definition) is 2. The van der Waals surface area contributed by atoms with Crippen LogP contribution in [0.15, 0.2) is 54.9 Å². The van der Waals surface area contributed by atoms with Gasteiger partial charge in [0.2, 0.25) is 0 Å². The second kappa shape index (κ2) is 10.8. The van der Waals surface area contributed by atoms with E-state index in [-0.39, 0.29) is 0 Å². The molecule has 0 amide bonds. The van der Waals surface area contributed by atoms with Crippen LogP contribution in [0.2, 0.25) is 5.02 Å². The van der Waals surface area contributed by atoms with Crippen molar-refractivity contribution >= 4 is 34.6 Å². The van der Waals surface area contributed by atoms with E-state index in [0.717, 1.165) is 77.4 Å². The van der Waals surface area contributed by atoms with Gasteiger partial charge in [-0.15, -0.1) is 0 Å². The van der Waals surface area contributed by atoms with Crippen LogP contribution < -0.4 is 20.4 Å². The van der Waals surface area contributed by atoms with E-state index < -0.39 is 0 Å². The van der Waals surface area contributed by atoms with E-state index in [1.165, 1.54) is 31.4 Å². The molecule has 0 radical (unpaired) electrons. The summed E-state index contributed by atoms with van der Waals surface area (Å²) < 4.78 is 0. The highest BCUT2D eigenvalue weighted by atomic mass is 35.5. The average Bonchev–Trinajstić information content (AvgIpc) is 2.98. The Morgan fingerprint density at radius 2 is 1.34 bits per heavy atom. The van der Waals surface area contributed by atoms with E-state index in [1.54, 1.807) is 6.20 Å². The van der Waals surface area contributed by atoms with Crippen LogP contribution in [0, 0.1) is 13.8 Å². The molecule has 8 heterocycles. The quantitative estimate of drug-likeness (QED) is 0.291. The molecule has 8 rings (SSSR count). The van der Waals surface area contributed by atoms with Crippen molar-refractivity contribution in [1.29, 1.82) is 0 Å². The molecule has 4 bridgehead atoms. The summed E-state index contributed by atoms with van der Waals surface area (Å²) in [6.45, 7) is 8.40. The fraction of sp³-hybridized carbons (Fsp3) is 0.375. The summed E-state index contributed by atoms with van der Waals surface area (Å²) in [4.78, 5) is 22.9. The summed E-state index contributed by atoms with van der Waals surface area (Å²) in [5.41, 5.74) is 8.36. The van der Waals surface area contributed by atoms with Gasteiger partial charge in [-0.1, -0.05) is 11.6 Å². The first-order valence-electron chi connectivity index (χ1n) is 14.6. The molecule has 9 heteroatoms. The molecule has 0 aliphatic carbocycles.